The number of aryl methyl sites for hydroxylation is 2. The molecule has 1 saturated heterocycles. The largest absolute Gasteiger partial charge is 0.508 e. The first-order valence-electron chi connectivity index (χ1n) is 10.6. The van der Waals surface area contributed by atoms with Gasteiger partial charge >= 0.3 is 0 Å². The number of hydrogen-bond acceptors (Lipinski definition) is 4. The van der Waals surface area contributed by atoms with E-state index in [1.807, 2.05) is 56.3 Å². The molecule has 33 heavy (non-hydrogen) atoms. The van der Waals surface area contributed by atoms with Gasteiger partial charge in [0.25, 0.3) is 11.7 Å². The average Bonchev–Trinajstić information content (AvgIpc) is 3.34. The SMILES string of the molecule is Cc1ccc(N2C(=O)C(=O)/C(=C(\O)c3c[nH]c4ccccc34)C2c2ccc(O)cc2)c(C)c1. The van der Waals surface area contributed by atoms with Gasteiger partial charge in [0.15, 0.2) is 0 Å². The molecular formula is C27H22N2O4. The third kappa shape index (κ3) is 3.27. The maximum atomic E-state index is 13.3. The number of aliphatic hydroxyl groups is 1. The molecule has 164 valence electrons. The van der Waals surface area contributed by atoms with Crippen molar-refractivity contribution in [2.45, 2.75) is 19.9 Å². The van der Waals surface area contributed by atoms with Crippen LogP contribution in [0.3, 0.4) is 0 Å². The van der Waals surface area contributed by atoms with Gasteiger partial charge in [-0.2, -0.15) is 0 Å². The zero-order valence-electron chi connectivity index (χ0n) is 18.2. The van der Waals surface area contributed by atoms with Crippen molar-refractivity contribution in [1.29, 1.82) is 0 Å². The van der Waals surface area contributed by atoms with Gasteiger partial charge in [0, 0.05) is 28.4 Å². The van der Waals surface area contributed by atoms with Gasteiger partial charge in [0.1, 0.15) is 11.5 Å². The maximum Gasteiger partial charge on any atom is 0.300 e. The van der Waals surface area contributed by atoms with Gasteiger partial charge in [0.2, 0.25) is 0 Å². The number of phenolic OH excluding ortho intramolecular Hbond substituents is 1. The van der Waals surface area contributed by atoms with Crippen LogP contribution in [0.4, 0.5) is 5.69 Å². The van der Waals surface area contributed by atoms with Crippen LogP contribution in [0.1, 0.15) is 28.3 Å². The molecule has 0 bridgehead atoms. The molecule has 0 saturated carbocycles. The summed E-state index contributed by atoms with van der Waals surface area (Å²) in [6.07, 6.45) is 1.64. The van der Waals surface area contributed by atoms with Gasteiger partial charge in [-0.25, -0.2) is 0 Å². The molecule has 0 spiro atoms. The van der Waals surface area contributed by atoms with Gasteiger partial charge in [0.05, 0.1) is 11.6 Å². The van der Waals surface area contributed by atoms with Gasteiger partial charge in [-0.3, -0.25) is 14.5 Å². The zero-order valence-corrected chi connectivity index (χ0v) is 18.2. The minimum Gasteiger partial charge on any atom is -0.508 e. The summed E-state index contributed by atoms with van der Waals surface area (Å²) in [4.78, 5) is 31.2. The molecule has 1 aliphatic heterocycles. The summed E-state index contributed by atoms with van der Waals surface area (Å²) >= 11 is 0. The van der Waals surface area contributed by atoms with Crippen molar-refractivity contribution in [3.8, 4) is 5.75 Å². The van der Waals surface area contributed by atoms with Crippen LogP contribution < -0.4 is 4.90 Å². The Labute approximate surface area is 190 Å². The summed E-state index contributed by atoms with van der Waals surface area (Å²) in [6, 6.07) is 18.6. The lowest BCUT2D eigenvalue weighted by molar-refractivity contribution is -0.132. The summed E-state index contributed by atoms with van der Waals surface area (Å²) in [7, 11) is 0. The molecule has 3 N–H and O–H groups in total. The molecule has 1 unspecified atom stereocenters. The molecule has 1 aromatic heterocycles. The van der Waals surface area contributed by atoms with E-state index < -0.39 is 17.7 Å². The topological polar surface area (TPSA) is 93.6 Å². The maximum absolute atomic E-state index is 13.3. The zero-order chi connectivity index (χ0) is 23.3. The van der Waals surface area contributed by atoms with Crippen LogP contribution in [0.2, 0.25) is 0 Å². The molecular weight excluding hydrogens is 416 g/mol. The molecule has 5 rings (SSSR count). The number of para-hydroxylation sites is 1. The number of hydrogen-bond donors (Lipinski definition) is 3. The fraction of sp³-hybridized carbons (Fsp3) is 0.111. The number of aliphatic hydroxyl groups excluding tert-OH is 1. The molecule has 0 radical (unpaired) electrons. The lowest BCUT2D eigenvalue weighted by Gasteiger charge is -2.27. The summed E-state index contributed by atoms with van der Waals surface area (Å²) in [5.74, 6) is -1.63. The quantitative estimate of drug-likeness (QED) is 0.235. The number of anilines is 1. The van der Waals surface area contributed by atoms with Crippen LogP contribution in [0.5, 0.6) is 5.75 Å². The van der Waals surface area contributed by atoms with E-state index in [2.05, 4.69) is 4.98 Å². The Morgan fingerprint density at radius 2 is 1.70 bits per heavy atom. The number of amides is 1. The molecule has 4 aromatic rings. The van der Waals surface area contributed by atoms with Crippen LogP contribution in [-0.2, 0) is 9.59 Å². The van der Waals surface area contributed by atoms with E-state index in [0.717, 1.165) is 22.0 Å². The Kier molecular flexibility index (Phi) is 4.78. The standard InChI is InChI=1S/C27H22N2O4/c1-15-7-12-22(16(2)13-15)29-24(17-8-10-18(30)11-9-17)23(26(32)27(29)33)25(31)20-14-28-21-6-4-3-5-19(20)21/h3-14,24,28,30-31H,1-2H3/b25-23-. The van der Waals surface area contributed by atoms with E-state index in [4.69, 9.17) is 0 Å². The van der Waals surface area contributed by atoms with E-state index in [0.29, 0.717) is 16.8 Å². The van der Waals surface area contributed by atoms with E-state index in [1.54, 1.807) is 18.3 Å². The van der Waals surface area contributed by atoms with E-state index in [-0.39, 0.29) is 17.1 Å². The van der Waals surface area contributed by atoms with Crippen molar-refractivity contribution < 1.29 is 19.8 Å². The monoisotopic (exact) mass is 438 g/mol. The predicted molar refractivity (Wildman–Crippen MR) is 127 cm³/mol. The number of H-pyrrole nitrogens is 1. The van der Waals surface area contributed by atoms with Gasteiger partial charge < -0.3 is 15.2 Å². The van der Waals surface area contributed by atoms with Crippen molar-refractivity contribution >= 4 is 34.0 Å². The highest BCUT2D eigenvalue weighted by Crippen LogP contribution is 2.44. The number of aromatic hydroxyl groups is 1. The highest BCUT2D eigenvalue weighted by Gasteiger charge is 2.47. The van der Waals surface area contributed by atoms with Crippen LogP contribution >= 0.6 is 0 Å². The second-order valence-corrected chi connectivity index (χ2v) is 8.30. The number of Topliss-reactive ketones (excluding diaryl/α,β-unsaturated/α-hetero) is 1. The first-order chi connectivity index (χ1) is 15.9. The second kappa shape index (κ2) is 7.67. The highest BCUT2D eigenvalue weighted by atomic mass is 16.3. The van der Waals surface area contributed by atoms with Crippen molar-refractivity contribution in [3.05, 3.63) is 101 Å². The number of phenols is 1. The van der Waals surface area contributed by atoms with Gasteiger partial charge in [-0.15, -0.1) is 0 Å². The molecule has 1 fully saturated rings. The molecule has 6 nitrogen and oxygen atoms in total. The number of ketones is 1. The number of fused-ring (bicyclic) bond motifs is 1. The Balaban J connectivity index is 1.77. The molecule has 6 heteroatoms. The minimum absolute atomic E-state index is 0.00965. The number of aromatic nitrogens is 1. The van der Waals surface area contributed by atoms with Crippen molar-refractivity contribution in [3.63, 3.8) is 0 Å². The summed E-state index contributed by atoms with van der Waals surface area (Å²) in [5.41, 5.74) is 4.35. The smallest absolute Gasteiger partial charge is 0.300 e. The number of aromatic amines is 1. The average molecular weight is 438 g/mol. The highest BCUT2D eigenvalue weighted by molar-refractivity contribution is 6.52. The van der Waals surface area contributed by atoms with Crippen molar-refractivity contribution in [2.24, 2.45) is 0 Å². The van der Waals surface area contributed by atoms with Crippen LogP contribution in [-0.4, -0.2) is 26.9 Å². The number of carbonyl (C=O) groups excluding carboxylic acids is 2. The van der Waals surface area contributed by atoms with Crippen LogP contribution in [0.25, 0.3) is 16.7 Å². The molecule has 1 aliphatic rings. The Hall–Kier alpha value is -4.32. The van der Waals surface area contributed by atoms with Gasteiger partial charge in [-0.05, 0) is 49.2 Å². The number of nitrogens with one attached hydrogen (secondary N) is 1. The Bertz CT molecular complexity index is 1450. The first-order valence-corrected chi connectivity index (χ1v) is 10.6. The van der Waals surface area contributed by atoms with Crippen molar-refractivity contribution in [1.82, 2.24) is 4.98 Å². The van der Waals surface area contributed by atoms with E-state index in [9.17, 15) is 19.8 Å². The van der Waals surface area contributed by atoms with Gasteiger partial charge in [-0.1, -0.05) is 48.0 Å². The first kappa shape index (κ1) is 20.6. The number of carbonyl (C=O) groups is 2. The Morgan fingerprint density at radius 1 is 0.970 bits per heavy atom. The van der Waals surface area contributed by atoms with Crippen molar-refractivity contribution in [2.75, 3.05) is 4.90 Å². The predicted octanol–water partition coefficient (Wildman–Crippen LogP) is 5.12. The molecule has 0 aliphatic carbocycles. The Morgan fingerprint density at radius 3 is 2.42 bits per heavy atom. The third-order valence-corrected chi connectivity index (χ3v) is 6.11. The fourth-order valence-corrected chi connectivity index (χ4v) is 4.54. The second-order valence-electron chi connectivity index (χ2n) is 8.30. The molecule has 1 amide bonds. The van der Waals surface area contributed by atoms with E-state index in [1.165, 1.54) is 17.0 Å². The van der Waals surface area contributed by atoms with E-state index >= 15 is 0 Å². The summed E-state index contributed by atoms with van der Waals surface area (Å²) < 4.78 is 0. The third-order valence-electron chi connectivity index (χ3n) is 6.11. The molecule has 1 atom stereocenters. The molecule has 2 heterocycles. The lowest BCUT2D eigenvalue weighted by Crippen LogP contribution is -2.30. The summed E-state index contributed by atoms with van der Waals surface area (Å²) in [6.45, 7) is 3.84. The lowest BCUT2D eigenvalue weighted by atomic mass is 9.94. The number of nitrogens with zero attached hydrogens (tertiary/aromatic N) is 1. The number of benzene rings is 3. The normalized spacial score (nSPS) is 17.8. The molecule has 3 aromatic carbocycles. The fourth-order valence-electron chi connectivity index (χ4n) is 4.54. The van der Waals surface area contributed by atoms with Crippen LogP contribution in [0, 0.1) is 13.8 Å². The summed E-state index contributed by atoms with van der Waals surface area (Å²) in [5, 5.41) is 21.9. The minimum atomic E-state index is -0.847. The number of rotatable bonds is 3. The van der Waals surface area contributed by atoms with Crippen LogP contribution in [0.15, 0.2) is 78.5 Å².